The van der Waals surface area contributed by atoms with Crippen LogP contribution in [-0.2, 0) is 0 Å². The van der Waals surface area contributed by atoms with Gasteiger partial charge in [-0.15, -0.1) is 13.2 Å². The number of hydrogen-bond acceptors (Lipinski definition) is 2. The van der Waals surface area contributed by atoms with Crippen LogP contribution in [0.3, 0.4) is 0 Å². The Balaban J connectivity index is 2.47. The molecular formula is C13H24N2. The summed E-state index contributed by atoms with van der Waals surface area (Å²) in [6.07, 6.45) is 8.60. The molecular weight excluding hydrogens is 184 g/mol. The van der Waals surface area contributed by atoms with Crippen molar-refractivity contribution in [1.29, 1.82) is 0 Å². The van der Waals surface area contributed by atoms with Crippen molar-refractivity contribution >= 4 is 0 Å². The molecule has 0 aromatic carbocycles. The molecule has 2 N–H and O–H groups in total. The van der Waals surface area contributed by atoms with E-state index in [4.69, 9.17) is 5.73 Å². The predicted molar refractivity (Wildman–Crippen MR) is 66.8 cm³/mol. The van der Waals surface area contributed by atoms with Crippen LogP contribution < -0.4 is 5.73 Å². The van der Waals surface area contributed by atoms with Crippen LogP contribution in [0.4, 0.5) is 0 Å². The van der Waals surface area contributed by atoms with Gasteiger partial charge in [-0.2, -0.15) is 0 Å². The van der Waals surface area contributed by atoms with E-state index < -0.39 is 0 Å². The van der Waals surface area contributed by atoms with E-state index in [0.717, 1.165) is 25.9 Å². The maximum Gasteiger partial charge on any atom is 0.0166 e. The van der Waals surface area contributed by atoms with Gasteiger partial charge in [-0.3, -0.25) is 4.90 Å². The van der Waals surface area contributed by atoms with E-state index >= 15 is 0 Å². The molecule has 86 valence electrons. The third-order valence-corrected chi connectivity index (χ3v) is 3.34. The van der Waals surface area contributed by atoms with Crippen LogP contribution in [-0.4, -0.2) is 29.6 Å². The molecule has 1 saturated carbocycles. The van der Waals surface area contributed by atoms with Gasteiger partial charge >= 0.3 is 0 Å². The standard InChI is InChI=1S/C13H24N2/c1-4-10-15(11-5-2)12-6-8-13(3,14)9-7-12/h4-5,12H,1-2,6-11,14H2,3H3. The molecule has 0 saturated heterocycles. The minimum absolute atomic E-state index is 0.0600. The summed E-state index contributed by atoms with van der Waals surface area (Å²) in [6, 6.07) is 0.664. The molecule has 1 aliphatic carbocycles. The topological polar surface area (TPSA) is 29.3 Å². The number of nitrogens with two attached hydrogens (primary N) is 1. The van der Waals surface area contributed by atoms with Crippen molar-refractivity contribution in [1.82, 2.24) is 4.90 Å². The molecule has 0 bridgehead atoms. The number of nitrogens with zero attached hydrogens (tertiary/aromatic N) is 1. The Morgan fingerprint density at radius 1 is 1.27 bits per heavy atom. The smallest absolute Gasteiger partial charge is 0.0166 e. The summed E-state index contributed by atoms with van der Waals surface area (Å²) >= 11 is 0. The summed E-state index contributed by atoms with van der Waals surface area (Å²) < 4.78 is 0. The van der Waals surface area contributed by atoms with Crippen LogP contribution in [0.5, 0.6) is 0 Å². The zero-order chi connectivity index (χ0) is 11.3. The number of rotatable bonds is 5. The minimum Gasteiger partial charge on any atom is -0.325 e. The Bertz CT molecular complexity index is 201. The van der Waals surface area contributed by atoms with Crippen molar-refractivity contribution in [2.24, 2.45) is 5.73 Å². The highest BCUT2D eigenvalue weighted by Gasteiger charge is 2.29. The second kappa shape index (κ2) is 5.47. The maximum atomic E-state index is 6.13. The highest BCUT2D eigenvalue weighted by atomic mass is 15.1. The lowest BCUT2D eigenvalue weighted by atomic mass is 9.81. The van der Waals surface area contributed by atoms with Gasteiger partial charge in [-0.25, -0.2) is 0 Å². The Morgan fingerprint density at radius 2 is 1.73 bits per heavy atom. The fraction of sp³-hybridized carbons (Fsp3) is 0.692. The van der Waals surface area contributed by atoms with Gasteiger partial charge < -0.3 is 5.73 Å². The molecule has 0 aromatic rings. The molecule has 0 aromatic heterocycles. The van der Waals surface area contributed by atoms with Crippen molar-refractivity contribution in [3.8, 4) is 0 Å². The molecule has 2 heteroatoms. The van der Waals surface area contributed by atoms with E-state index in [0.29, 0.717) is 6.04 Å². The maximum absolute atomic E-state index is 6.13. The zero-order valence-electron chi connectivity index (χ0n) is 9.91. The highest BCUT2D eigenvalue weighted by Crippen LogP contribution is 2.28. The van der Waals surface area contributed by atoms with Crippen LogP contribution in [0.25, 0.3) is 0 Å². The lowest BCUT2D eigenvalue weighted by molar-refractivity contribution is 0.155. The molecule has 1 rings (SSSR count). The average Bonchev–Trinajstić information content (AvgIpc) is 2.18. The van der Waals surface area contributed by atoms with Crippen LogP contribution in [0.2, 0.25) is 0 Å². The predicted octanol–water partition coefficient (Wildman–Crippen LogP) is 2.32. The Kier molecular flexibility index (Phi) is 4.55. The van der Waals surface area contributed by atoms with E-state index in [1.54, 1.807) is 0 Å². The van der Waals surface area contributed by atoms with Gasteiger partial charge in [0.05, 0.1) is 0 Å². The van der Waals surface area contributed by atoms with Crippen molar-refractivity contribution < 1.29 is 0 Å². The summed E-state index contributed by atoms with van der Waals surface area (Å²) in [5, 5.41) is 0. The fourth-order valence-electron chi connectivity index (χ4n) is 2.33. The summed E-state index contributed by atoms with van der Waals surface area (Å²) in [7, 11) is 0. The Hall–Kier alpha value is -0.600. The van der Waals surface area contributed by atoms with Crippen molar-refractivity contribution in [2.45, 2.75) is 44.2 Å². The summed E-state index contributed by atoms with van der Waals surface area (Å²) in [6.45, 7) is 11.7. The van der Waals surface area contributed by atoms with E-state index in [1.807, 2.05) is 12.2 Å². The molecule has 0 heterocycles. The molecule has 15 heavy (non-hydrogen) atoms. The molecule has 0 radical (unpaired) electrons. The minimum atomic E-state index is 0.0600. The van der Waals surface area contributed by atoms with Crippen molar-refractivity contribution in [3.05, 3.63) is 25.3 Å². The van der Waals surface area contributed by atoms with Gasteiger partial charge in [0.2, 0.25) is 0 Å². The summed E-state index contributed by atoms with van der Waals surface area (Å²) in [4.78, 5) is 2.44. The molecule has 0 aliphatic heterocycles. The second-order valence-corrected chi connectivity index (χ2v) is 4.92. The molecule has 1 aliphatic rings. The van der Waals surface area contributed by atoms with Crippen molar-refractivity contribution in [3.63, 3.8) is 0 Å². The first kappa shape index (κ1) is 12.5. The molecule has 2 nitrogen and oxygen atoms in total. The van der Waals surface area contributed by atoms with Crippen LogP contribution in [0.1, 0.15) is 32.6 Å². The van der Waals surface area contributed by atoms with Gasteiger partial charge in [0, 0.05) is 24.7 Å². The van der Waals surface area contributed by atoms with E-state index in [9.17, 15) is 0 Å². The summed E-state index contributed by atoms with van der Waals surface area (Å²) in [5.41, 5.74) is 6.19. The number of hydrogen-bond donors (Lipinski definition) is 1. The molecule has 1 fully saturated rings. The van der Waals surface area contributed by atoms with E-state index in [-0.39, 0.29) is 5.54 Å². The third kappa shape index (κ3) is 3.80. The first-order valence-electron chi connectivity index (χ1n) is 5.84. The van der Waals surface area contributed by atoms with Gasteiger partial charge in [0.15, 0.2) is 0 Å². The van der Waals surface area contributed by atoms with Gasteiger partial charge in [-0.1, -0.05) is 12.2 Å². The molecule has 0 amide bonds. The SMILES string of the molecule is C=CCN(CC=C)C1CCC(C)(N)CC1. The largest absolute Gasteiger partial charge is 0.325 e. The highest BCUT2D eigenvalue weighted by molar-refractivity contribution is 4.92. The van der Waals surface area contributed by atoms with E-state index in [2.05, 4.69) is 25.0 Å². The Morgan fingerprint density at radius 3 is 2.13 bits per heavy atom. The second-order valence-electron chi connectivity index (χ2n) is 4.92. The lowest BCUT2D eigenvalue weighted by Crippen LogP contribution is -2.46. The summed E-state index contributed by atoms with van der Waals surface area (Å²) in [5.74, 6) is 0. The quantitative estimate of drug-likeness (QED) is 0.703. The fourth-order valence-corrected chi connectivity index (χ4v) is 2.33. The van der Waals surface area contributed by atoms with Crippen LogP contribution in [0.15, 0.2) is 25.3 Å². The normalized spacial score (nSPS) is 31.5. The zero-order valence-corrected chi connectivity index (χ0v) is 9.91. The molecule has 0 unspecified atom stereocenters. The molecule has 0 atom stereocenters. The van der Waals surface area contributed by atoms with Gasteiger partial charge in [0.1, 0.15) is 0 Å². The first-order chi connectivity index (χ1) is 7.09. The van der Waals surface area contributed by atoms with Crippen molar-refractivity contribution in [2.75, 3.05) is 13.1 Å². The molecule has 0 spiro atoms. The monoisotopic (exact) mass is 208 g/mol. The van der Waals surface area contributed by atoms with Gasteiger partial charge in [-0.05, 0) is 32.6 Å². The van der Waals surface area contributed by atoms with Crippen LogP contribution >= 0.6 is 0 Å². The Labute approximate surface area is 93.8 Å². The average molecular weight is 208 g/mol. The van der Waals surface area contributed by atoms with Crippen LogP contribution in [0, 0.1) is 0 Å². The van der Waals surface area contributed by atoms with E-state index in [1.165, 1.54) is 12.8 Å². The lowest BCUT2D eigenvalue weighted by Gasteiger charge is -2.39. The van der Waals surface area contributed by atoms with Gasteiger partial charge in [0.25, 0.3) is 0 Å². The third-order valence-electron chi connectivity index (χ3n) is 3.34. The first-order valence-corrected chi connectivity index (χ1v) is 5.84.